The number of furan rings is 1. The van der Waals surface area contributed by atoms with Gasteiger partial charge in [0, 0.05) is 16.7 Å². The second-order valence-corrected chi connectivity index (χ2v) is 7.93. The van der Waals surface area contributed by atoms with Crippen molar-refractivity contribution in [1.29, 1.82) is 0 Å². The van der Waals surface area contributed by atoms with Crippen LogP contribution in [0.25, 0.3) is 17.4 Å². The first kappa shape index (κ1) is 18.6. The summed E-state index contributed by atoms with van der Waals surface area (Å²) in [6, 6.07) is 17.1. The first-order valence-corrected chi connectivity index (χ1v) is 9.90. The molecule has 4 rings (SSSR count). The van der Waals surface area contributed by atoms with Crippen LogP contribution in [0.15, 0.2) is 68.9 Å². The number of aryl methyl sites for hydroxylation is 2. The minimum Gasteiger partial charge on any atom is -0.457 e. The molecule has 0 saturated carbocycles. The number of amidine groups is 1. The Balaban J connectivity index is 1.55. The molecular formula is C22H17ClN2O2S. The third kappa shape index (κ3) is 4.06. The van der Waals surface area contributed by atoms with E-state index in [0.717, 1.165) is 16.8 Å². The molecular weight excluding hydrogens is 392 g/mol. The number of halogens is 1. The first-order chi connectivity index (χ1) is 13.5. The molecule has 1 fully saturated rings. The Labute approximate surface area is 172 Å². The second-order valence-electron chi connectivity index (χ2n) is 6.46. The zero-order valence-corrected chi connectivity index (χ0v) is 16.9. The van der Waals surface area contributed by atoms with E-state index >= 15 is 0 Å². The van der Waals surface area contributed by atoms with Gasteiger partial charge >= 0.3 is 0 Å². The molecule has 1 N–H and O–H groups in total. The normalized spacial score (nSPS) is 16.8. The van der Waals surface area contributed by atoms with Crippen LogP contribution in [0, 0.1) is 13.8 Å². The molecule has 28 heavy (non-hydrogen) atoms. The number of carbonyl (C=O) groups is 1. The van der Waals surface area contributed by atoms with Crippen LogP contribution in [0.3, 0.4) is 0 Å². The summed E-state index contributed by atoms with van der Waals surface area (Å²) in [4.78, 5) is 17.3. The third-order valence-electron chi connectivity index (χ3n) is 4.38. The van der Waals surface area contributed by atoms with E-state index in [9.17, 15) is 4.79 Å². The number of nitrogens with one attached hydrogen (secondary N) is 1. The van der Waals surface area contributed by atoms with Gasteiger partial charge in [-0.1, -0.05) is 29.8 Å². The van der Waals surface area contributed by atoms with Crippen LogP contribution in [0.2, 0.25) is 5.02 Å². The number of hydrogen-bond acceptors (Lipinski definition) is 4. The van der Waals surface area contributed by atoms with Gasteiger partial charge in [0.15, 0.2) is 5.17 Å². The monoisotopic (exact) mass is 408 g/mol. The maximum atomic E-state index is 12.3. The molecule has 0 unspecified atom stereocenters. The third-order valence-corrected chi connectivity index (χ3v) is 5.53. The lowest BCUT2D eigenvalue weighted by molar-refractivity contribution is -0.115. The minimum absolute atomic E-state index is 0.187. The molecule has 1 aliphatic heterocycles. The van der Waals surface area contributed by atoms with Gasteiger partial charge in [0.1, 0.15) is 11.5 Å². The molecule has 3 aromatic rings. The molecule has 0 radical (unpaired) electrons. The van der Waals surface area contributed by atoms with Crippen LogP contribution in [-0.2, 0) is 4.79 Å². The van der Waals surface area contributed by atoms with Crippen molar-refractivity contribution < 1.29 is 9.21 Å². The number of rotatable bonds is 3. The van der Waals surface area contributed by atoms with Gasteiger partial charge in [0.2, 0.25) is 0 Å². The zero-order valence-electron chi connectivity index (χ0n) is 15.3. The number of benzene rings is 2. The quantitative estimate of drug-likeness (QED) is 0.532. The van der Waals surface area contributed by atoms with E-state index < -0.39 is 0 Å². The average molecular weight is 409 g/mol. The lowest BCUT2D eigenvalue weighted by Gasteiger charge is -2.01. The Morgan fingerprint density at radius 3 is 2.71 bits per heavy atom. The van der Waals surface area contributed by atoms with Crippen LogP contribution in [-0.4, -0.2) is 11.1 Å². The number of nitrogens with zero attached hydrogens (tertiary/aromatic N) is 1. The van der Waals surface area contributed by atoms with Crippen LogP contribution in [0.4, 0.5) is 5.69 Å². The molecule has 1 amide bonds. The Morgan fingerprint density at radius 2 is 1.93 bits per heavy atom. The summed E-state index contributed by atoms with van der Waals surface area (Å²) < 4.78 is 5.85. The van der Waals surface area contributed by atoms with Crippen molar-refractivity contribution in [3.8, 4) is 11.3 Å². The van der Waals surface area contributed by atoms with E-state index in [4.69, 9.17) is 16.0 Å². The molecule has 6 heteroatoms. The topological polar surface area (TPSA) is 54.6 Å². The van der Waals surface area contributed by atoms with Crippen LogP contribution < -0.4 is 5.32 Å². The van der Waals surface area contributed by atoms with Gasteiger partial charge in [0.25, 0.3) is 5.91 Å². The van der Waals surface area contributed by atoms with Crippen molar-refractivity contribution in [3.05, 3.63) is 81.4 Å². The van der Waals surface area contributed by atoms with Gasteiger partial charge < -0.3 is 9.73 Å². The molecule has 0 spiro atoms. The van der Waals surface area contributed by atoms with Gasteiger partial charge in [-0.25, -0.2) is 4.99 Å². The van der Waals surface area contributed by atoms with Crippen molar-refractivity contribution in [3.63, 3.8) is 0 Å². The summed E-state index contributed by atoms with van der Waals surface area (Å²) in [6.07, 6.45) is 1.72. The van der Waals surface area contributed by atoms with Gasteiger partial charge in [-0.05, 0) is 73.1 Å². The molecule has 0 atom stereocenters. The SMILES string of the molecule is Cc1ccc(N=C2NC(=O)/C(=C\c3ccc(-c4cccc(Cl)c4)o3)S2)cc1C. The molecule has 4 nitrogen and oxygen atoms in total. The van der Waals surface area contributed by atoms with Crippen molar-refractivity contribution in [1.82, 2.24) is 5.32 Å². The fraction of sp³-hybridized carbons (Fsp3) is 0.0909. The molecule has 1 saturated heterocycles. The largest absolute Gasteiger partial charge is 0.457 e. The highest BCUT2D eigenvalue weighted by Crippen LogP contribution is 2.31. The fourth-order valence-electron chi connectivity index (χ4n) is 2.75. The summed E-state index contributed by atoms with van der Waals surface area (Å²) in [7, 11) is 0. The summed E-state index contributed by atoms with van der Waals surface area (Å²) in [6.45, 7) is 4.10. The smallest absolute Gasteiger partial charge is 0.264 e. The van der Waals surface area contributed by atoms with E-state index in [1.54, 1.807) is 6.08 Å². The zero-order chi connectivity index (χ0) is 19.7. The van der Waals surface area contributed by atoms with Gasteiger partial charge in [-0.3, -0.25) is 4.79 Å². The first-order valence-electron chi connectivity index (χ1n) is 8.70. The number of amides is 1. The van der Waals surface area contributed by atoms with Crippen LogP contribution in [0.1, 0.15) is 16.9 Å². The Morgan fingerprint density at radius 1 is 1.07 bits per heavy atom. The van der Waals surface area contributed by atoms with Crippen LogP contribution in [0.5, 0.6) is 0 Å². The molecule has 2 heterocycles. The lowest BCUT2D eigenvalue weighted by Crippen LogP contribution is -2.19. The van der Waals surface area contributed by atoms with E-state index in [2.05, 4.69) is 17.2 Å². The Kier molecular flexibility index (Phi) is 5.11. The second kappa shape index (κ2) is 7.70. The van der Waals surface area contributed by atoms with Gasteiger partial charge in [-0.2, -0.15) is 0 Å². The van der Waals surface area contributed by atoms with E-state index in [1.165, 1.54) is 17.3 Å². The standard InChI is InChI=1S/C22H17ClN2O2S/c1-13-6-7-17(10-14(13)2)24-22-25-21(26)20(28-22)12-18-8-9-19(27-18)15-4-3-5-16(23)11-15/h3-12H,1-2H3,(H,24,25,26)/b20-12+. The molecule has 0 aliphatic carbocycles. The number of aliphatic imine (C=N–C) groups is 1. The molecule has 1 aliphatic rings. The van der Waals surface area contributed by atoms with Crippen molar-refractivity contribution in [2.75, 3.05) is 0 Å². The number of thioether (sulfide) groups is 1. The summed E-state index contributed by atoms with van der Waals surface area (Å²) in [5.41, 5.74) is 4.07. The maximum absolute atomic E-state index is 12.3. The summed E-state index contributed by atoms with van der Waals surface area (Å²) in [5.74, 6) is 1.11. The highest BCUT2D eigenvalue weighted by Gasteiger charge is 2.24. The summed E-state index contributed by atoms with van der Waals surface area (Å²) in [5, 5.41) is 4.00. The van der Waals surface area contributed by atoms with Gasteiger partial charge in [0.05, 0.1) is 10.6 Å². The van der Waals surface area contributed by atoms with Crippen molar-refractivity contribution >= 4 is 46.2 Å². The number of carbonyl (C=O) groups excluding carboxylic acids is 1. The minimum atomic E-state index is -0.187. The molecule has 1 aromatic heterocycles. The van der Waals surface area contributed by atoms with E-state index in [1.807, 2.05) is 61.5 Å². The predicted octanol–water partition coefficient (Wildman–Crippen LogP) is 6.11. The summed E-state index contributed by atoms with van der Waals surface area (Å²) >= 11 is 7.33. The lowest BCUT2D eigenvalue weighted by atomic mass is 10.1. The van der Waals surface area contributed by atoms with Crippen molar-refractivity contribution in [2.45, 2.75) is 13.8 Å². The molecule has 140 valence electrons. The van der Waals surface area contributed by atoms with E-state index in [-0.39, 0.29) is 5.91 Å². The number of hydrogen-bond donors (Lipinski definition) is 1. The highest BCUT2D eigenvalue weighted by atomic mass is 35.5. The van der Waals surface area contributed by atoms with Crippen molar-refractivity contribution in [2.24, 2.45) is 4.99 Å². The fourth-order valence-corrected chi connectivity index (χ4v) is 3.76. The molecule has 0 bridgehead atoms. The highest BCUT2D eigenvalue weighted by molar-refractivity contribution is 8.18. The predicted molar refractivity (Wildman–Crippen MR) is 116 cm³/mol. The van der Waals surface area contributed by atoms with E-state index in [0.29, 0.717) is 26.6 Å². The maximum Gasteiger partial charge on any atom is 0.264 e. The molecule has 2 aromatic carbocycles. The average Bonchev–Trinajstić information content (AvgIpc) is 3.26. The van der Waals surface area contributed by atoms with Gasteiger partial charge in [-0.15, -0.1) is 0 Å². The Bertz CT molecular complexity index is 1130. The Hall–Kier alpha value is -2.76. The van der Waals surface area contributed by atoms with Crippen LogP contribution >= 0.6 is 23.4 Å².